The lowest BCUT2D eigenvalue weighted by molar-refractivity contribution is -0.134. The maximum absolute atomic E-state index is 10.4. The van der Waals surface area contributed by atoms with E-state index in [0.717, 1.165) is 39.2 Å². The van der Waals surface area contributed by atoms with Gasteiger partial charge in [0.25, 0.3) is 5.97 Å². The number of aliphatic imine (C=N–C) groups is 1. The first-order valence-electron chi connectivity index (χ1n) is 9.81. The minimum Gasteiger partial charge on any atom is -0.481 e. The number of guanidine groups is 1. The molecule has 26 heavy (non-hydrogen) atoms. The maximum atomic E-state index is 10.4. The first kappa shape index (κ1) is 29.0. The van der Waals surface area contributed by atoms with E-state index in [9.17, 15) is 4.79 Å². The molecule has 0 aromatic rings. The van der Waals surface area contributed by atoms with Gasteiger partial charge in [0, 0.05) is 19.9 Å². The largest absolute Gasteiger partial charge is 0.481 e. The van der Waals surface area contributed by atoms with Crippen LogP contribution in [0.2, 0.25) is 0 Å². The van der Waals surface area contributed by atoms with E-state index in [1.54, 1.807) is 0 Å². The van der Waals surface area contributed by atoms with Crippen LogP contribution in [-0.2, 0) is 9.59 Å². The summed E-state index contributed by atoms with van der Waals surface area (Å²) in [5, 5.41) is 7.42. The number of hydrogen-bond donors (Lipinski definition) is 4. The Hall–Kier alpha value is -1.79. The van der Waals surface area contributed by atoms with Gasteiger partial charge in [0.2, 0.25) is 5.91 Å². The zero-order chi connectivity index (χ0) is 20.6. The van der Waals surface area contributed by atoms with E-state index in [2.05, 4.69) is 18.8 Å². The molecule has 156 valence electrons. The number of carboxylic acids is 1. The molecule has 0 unspecified atom stereocenters. The molecule has 0 bridgehead atoms. The van der Waals surface area contributed by atoms with E-state index in [1.807, 2.05) is 0 Å². The number of carbonyl (C=O) groups excluding carboxylic acids is 1. The molecule has 0 saturated heterocycles. The Morgan fingerprint density at radius 2 is 1.15 bits per heavy atom. The van der Waals surface area contributed by atoms with Gasteiger partial charge < -0.3 is 22.3 Å². The Balaban J connectivity index is -0.000000370. The van der Waals surface area contributed by atoms with Crippen molar-refractivity contribution >= 4 is 17.8 Å². The highest BCUT2D eigenvalue weighted by molar-refractivity contribution is 5.75. The van der Waals surface area contributed by atoms with Gasteiger partial charge in [0.1, 0.15) is 0 Å². The molecular formula is C19H42N4O3. The monoisotopic (exact) mass is 374 g/mol. The van der Waals surface area contributed by atoms with Crippen molar-refractivity contribution in [1.82, 2.24) is 0 Å². The van der Waals surface area contributed by atoms with Gasteiger partial charge in [-0.15, -0.1) is 0 Å². The second kappa shape index (κ2) is 25.5. The van der Waals surface area contributed by atoms with E-state index in [4.69, 9.17) is 27.1 Å². The van der Waals surface area contributed by atoms with Crippen molar-refractivity contribution in [2.45, 2.75) is 97.8 Å². The van der Waals surface area contributed by atoms with Crippen molar-refractivity contribution in [3.63, 3.8) is 0 Å². The van der Waals surface area contributed by atoms with Crippen molar-refractivity contribution in [1.29, 1.82) is 0 Å². The molecule has 0 fully saturated rings. The minimum absolute atomic E-state index is 0.159. The van der Waals surface area contributed by atoms with Crippen LogP contribution in [0.15, 0.2) is 4.99 Å². The Morgan fingerprint density at radius 1 is 0.769 bits per heavy atom. The van der Waals surface area contributed by atoms with Crippen molar-refractivity contribution in [2.24, 2.45) is 22.2 Å². The van der Waals surface area contributed by atoms with Crippen molar-refractivity contribution in [2.75, 3.05) is 6.54 Å². The van der Waals surface area contributed by atoms with Crippen LogP contribution in [0.25, 0.3) is 0 Å². The third-order valence-electron chi connectivity index (χ3n) is 3.33. The minimum atomic E-state index is -0.833. The fourth-order valence-corrected chi connectivity index (χ4v) is 1.98. The second-order valence-corrected chi connectivity index (χ2v) is 6.22. The average Bonchev–Trinajstić information content (AvgIpc) is 2.53. The van der Waals surface area contributed by atoms with Crippen LogP contribution in [-0.4, -0.2) is 29.5 Å². The predicted octanol–water partition coefficient (Wildman–Crippen LogP) is 3.54. The Bertz CT molecular complexity index is 340. The molecule has 0 aliphatic rings. The van der Waals surface area contributed by atoms with Gasteiger partial charge in [-0.25, -0.2) is 0 Å². The summed E-state index contributed by atoms with van der Waals surface area (Å²) >= 11 is 0. The van der Waals surface area contributed by atoms with Gasteiger partial charge in [0.15, 0.2) is 5.96 Å². The highest BCUT2D eigenvalue weighted by atomic mass is 16.4. The molecule has 0 spiro atoms. The number of unbranched alkanes of at least 4 members (excludes halogenated alkanes) is 9. The normalized spacial score (nSPS) is 9.19. The number of nitrogens with zero attached hydrogens (tertiary/aromatic N) is 1. The SMILES string of the molecule is CC(=O)O.CCCCCCCCCCCC(N)=O.CCCCN=C(N)N. The predicted molar refractivity (Wildman–Crippen MR) is 110 cm³/mol. The van der Waals surface area contributed by atoms with Crippen molar-refractivity contribution in [3.8, 4) is 0 Å². The van der Waals surface area contributed by atoms with Crippen molar-refractivity contribution in [3.05, 3.63) is 0 Å². The summed E-state index contributed by atoms with van der Waals surface area (Å²) in [5.41, 5.74) is 15.2. The standard InChI is InChI=1S/C12H25NO.C5H13N3.C2H4O2/c1-2-3-4-5-6-7-8-9-10-11-12(13)14;1-2-3-4-8-5(6)7;1-2(3)4/h2-11H2,1H3,(H2,13,14);2-4H2,1H3,(H4,6,7,8);1H3,(H,3,4). The van der Waals surface area contributed by atoms with Crippen molar-refractivity contribution < 1.29 is 14.7 Å². The first-order valence-corrected chi connectivity index (χ1v) is 9.81. The van der Waals surface area contributed by atoms with E-state index >= 15 is 0 Å². The van der Waals surface area contributed by atoms with Crippen LogP contribution in [0, 0.1) is 0 Å². The molecule has 0 heterocycles. The molecule has 0 aliphatic carbocycles. The average molecular weight is 375 g/mol. The summed E-state index contributed by atoms with van der Waals surface area (Å²) in [6.07, 6.45) is 14.3. The molecule has 7 N–H and O–H groups in total. The lowest BCUT2D eigenvalue weighted by Crippen LogP contribution is -2.22. The number of hydrogen-bond acceptors (Lipinski definition) is 3. The molecule has 1 amide bonds. The molecule has 0 radical (unpaired) electrons. The highest BCUT2D eigenvalue weighted by Gasteiger charge is 1.94. The lowest BCUT2D eigenvalue weighted by atomic mass is 10.1. The van der Waals surface area contributed by atoms with Crippen LogP contribution < -0.4 is 17.2 Å². The maximum Gasteiger partial charge on any atom is 0.300 e. The van der Waals surface area contributed by atoms with Gasteiger partial charge >= 0.3 is 0 Å². The summed E-state index contributed by atoms with van der Waals surface area (Å²) in [6.45, 7) is 6.19. The van der Waals surface area contributed by atoms with E-state index in [1.165, 1.54) is 44.9 Å². The number of nitrogens with two attached hydrogens (primary N) is 3. The Labute approximate surface area is 159 Å². The fraction of sp³-hybridized carbons (Fsp3) is 0.842. The van der Waals surface area contributed by atoms with E-state index < -0.39 is 5.97 Å². The van der Waals surface area contributed by atoms with E-state index in [0.29, 0.717) is 6.42 Å². The second-order valence-electron chi connectivity index (χ2n) is 6.22. The third kappa shape index (κ3) is 49.5. The number of carboxylic acid groups (broad SMARTS) is 1. The smallest absolute Gasteiger partial charge is 0.300 e. The Kier molecular flexibility index (Phi) is 28.4. The topological polar surface area (TPSA) is 145 Å². The molecule has 7 heteroatoms. The molecule has 0 aromatic carbocycles. The van der Waals surface area contributed by atoms with Gasteiger partial charge in [-0.05, 0) is 12.8 Å². The molecule has 0 saturated carbocycles. The van der Waals surface area contributed by atoms with Crippen LogP contribution in [0.4, 0.5) is 0 Å². The van der Waals surface area contributed by atoms with Crippen LogP contribution in [0.3, 0.4) is 0 Å². The zero-order valence-electron chi connectivity index (χ0n) is 17.1. The summed E-state index contributed by atoms with van der Waals surface area (Å²) in [5.74, 6) is -0.800. The molecule has 7 nitrogen and oxygen atoms in total. The summed E-state index contributed by atoms with van der Waals surface area (Å²) in [4.78, 5) is 23.2. The van der Waals surface area contributed by atoms with Crippen LogP contribution in [0.5, 0.6) is 0 Å². The van der Waals surface area contributed by atoms with E-state index in [-0.39, 0.29) is 11.9 Å². The number of carbonyl (C=O) groups is 2. The summed E-state index contributed by atoms with van der Waals surface area (Å²) in [6, 6.07) is 0. The summed E-state index contributed by atoms with van der Waals surface area (Å²) in [7, 11) is 0. The Morgan fingerprint density at radius 3 is 1.50 bits per heavy atom. The molecule has 0 aliphatic heterocycles. The quantitative estimate of drug-likeness (QED) is 0.221. The molecule has 0 aromatic heterocycles. The number of amides is 1. The van der Waals surface area contributed by atoms with Gasteiger partial charge in [-0.1, -0.05) is 71.6 Å². The molecule has 0 atom stereocenters. The van der Waals surface area contributed by atoms with Gasteiger partial charge in [-0.2, -0.15) is 0 Å². The zero-order valence-corrected chi connectivity index (χ0v) is 17.1. The summed E-state index contributed by atoms with van der Waals surface area (Å²) < 4.78 is 0. The van der Waals surface area contributed by atoms with Crippen LogP contribution in [0.1, 0.15) is 97.8 Å². The first-order chi connectivity index (χ1) is 12.3. The number of rotatable bonds is 13. The molecular weight excluding hydrogens is 332 g/mol. The highest BCUT2D eigenvalue weighted by Crippen LogP contribution is 2.10. The fourth-order valence-electron chi connectivity index (χ4n) is 1.98. The molecule has 0 rings (SSSR count). The lowest BCUT2D eigenvalue weighted by Gasteiger charge is -2.00. The number of aliphatic carboxylic acids is 1. The van der Waals surface area contributed by atoms with Gasteiger partial charge in [-0.3, -0.25) is 14.6 Å². The van der Waals surface area contributed by atoms with Crippen LogP contribution >= 0.6 is 0 Å². The number of primary amides is 1. The third-order valence-corrected chi connectivity index (χ3v) is 3.33. The van der Waals surface area contributed by atoms with Gasteiger partial charge in [0.05, 0.1) is 0 Å².